The van der Waals surface area contributed by atoms with Crippen LogP contribution in [0.2, 0.25) is 5.02 Å². The van der Waals surface area contributed by atoms with Crippen LogP contribution >= 0.6 is 11.6 Å². The minimum Gasteiger partial charge on any atom is -0.390 e. The van der Waals surface area contributed by atoms with Crippen molar-refractivity contribution in [2.24, 2.45) is 17.6 Å². The van der Waals surface area contributed by atoms with E-state index in [2.05, 4.69) is 5.32 Å². The predicted octanol–water partition coefficient (Wildman–Crippen LogP) is 4.56. The number of ether oxygens (including phenoxy) is 1. The second kappa shape index (κ2) is 14.6. The third-order valence-corrected chi connectivity index (χ3v) is 8.58. The summed E-state index contributed by atoms with van der Waals surface area (Å²) < 4.78 is 20.3. The number of halogens is 2. The van der Waals surface area contributed by atoms with E-state index in [-0.39, 0.29) is 35.6 Å². The smallest absolute Gasteiger partial charge is 0.317 e. The number of piperidine rings is 1. The zero-order valence-corrected chi connectivity index (χ0v) is 22.9. The fraction of sp³-hybridized carbons (Fsp3) is 0.750. The predicted molar refractivity (Wildman–Crippen MR) is 144 cm³/mol. The van der Waals surface area contributed by atoms with Gasteiger partial charge in [-0.05, 0) is 50.5 Å². The number of nitrogens with one attached hydrogen (secondary N) is 1. The Morgan fingerprint density at radius 3 is 2.73 bits per heavy atom. The van der Waals surface area contributed by atoms with Gasteiger partial charge in [0, 0.05) is 44.8 Å². The minimum atomic E-state index is -1.47. The number of benzene rings is 1. The van der Waals surface area contributed by atoms with E-state index in [0.717, 1.165) is 19.3 Å². The van der Waals surface area contributed by atoms with Crippen LogP contribution in [-0.4, -0.2) is 66.6 Å². The number of likely N-dealkylation sites (tertiary alicyclic amines) is 1. The number of carbonyl (C=O) groups is 1. The molecule has 1 aliphatic heterocycles. The van der Waals surface area contributed by atoms with Gasteiger partial charge in [0.15, 0.2) is 0 Å². The molecular weight excluding hydrogens is 497 g/mol. The van der Waals surface area contributed by atoms with Crippen molar-refractivity contribution >= 4 is 17.6 Å². The molecule has 1 saturated heterocycles. The van der Waals surface area contributed by atoms with Gasteiger partial charge in [0.25, 0.3) is 0 Å². The van der Waals surface area contributed by atoms with Gasteiger partial charge in [0.2, 0.25) is 0 Å². The maximum absolute atomic E-state index is 15.2. The van der Waals surface area contributed by atoms with Gasteiger partial charge >= 0.3 is 6.03 Å². The molecule has 9 heteroatoms. The number of methoxy groups -OCH3 is 1. The van der Waals surface area contributed by atoms with Crippen molar-refractivity contribution < 1.29 is 24.1 Å². The second-order valence-corrected chi connectivity index (χ2v) is 11.3. The number of carbonyl (C=O) groups excluding carboxylic acids is 1. The fourth-order valence-corrected chi connectivity index (χ4v) is 6.27. The van der Waals surface area contributed by atoms with Crippen molar-refractivity contribution in [3.8, 4) is 0 Å². The Morgan fingerprint density at radius 1 is 1.27 bits per heavy atom. The highest BCUT2D eigenvalue weighted by Crippen LogP contribution is 2.42. The molecule has 0 aromatic heterocycles. The standard InChI is InChI=1S/C28H45ClFN3O4/c1-37-16-6-5-14-28(36,22-12-7-13-23(29)26(22)30)21-11-8-15-33(19-21)27(35)32-24(25(34)18-31)17-20-9-3-2-4-10-20/h7,12-13,20-21,24-25,34,36H,2-6,8-11,14-19,31H2,1H3,(H,32,35)/t21?,24-,25+,28-/m0/s1. The first kappa shape index (κ1) is 30.1. The van der Waals surface area contributed by atoms with Crippen LogP contribution in [0.15, 0.2) is 18.2 Å². The van der Waals surface area contributed by atoms with Gasteiger partial charge in [0.05, 0.1) is 22.8 Å². The van der Waals surface area contributed by atoms with Crippen molar-refractivity contribution in [3.05, 3.63) is 34.6 Å². The highest BCUT2D eigenvalue weighted by molar-refractivity contribution is 6.30. The van der Waals surface area contributed by atoms with Gasteiger partial charge in [0.1, 0.15) is 5.82 Å². The molecule has 7 nitrogen and oxygen atoms in total. The molecule has 4 atom stereocenters. The van der Waals surface area contributed by atoms with Crippen molar-refractivity contribution in [3.63, 3.8) is 0 Å². The van der Waals surface area contributed by atoms with Crippen molar-refractivity contribution in [1.82, 2.24) is 10.2 Å². The second-order valence-electron chi connectivity index (χ2n) is 10.9. The third-order valence-electron chi connectivity index (χ3n) is 8.29. The number of hydrogen-bond acceptors (Lipinski definition) is 5. The number of nitrogens with zero attached hydrogens (tertiary/aromatic N) is 1. The van der Waals surface area contributed by atoms with E-state index in [1.807, 2.05) is 0 Å². The van der Waals surface area contributed by atoms with Gasteiger partial charge < -0.3 is 30.9 Å². The first-order valence-corrected chi connectivity index (χ1v) is 14.3. The first-order chi connectivity index (χ1) is 17.8. The molecule has 1 aliphatic carbocycles. The number of nitrogens with two attached hydrogens (primary N) is 1. The summed E-state index contributed by atoms with van der Waals surface area (Å²) in [6, 6.07) is 4.03. The lowest BCUT2D eigenvalue weighted by molar-refractivity contribution is -0.0589. The van der Waals surface area contributed by atoms with Crippen molar-refractivity contribution in [2.75, 3.05) is 33.4 Å². The van der Waals surface area contributed by atoms with Crippen LogP contribution < -0.4 is 11.1 Å². The van der Waals surface area contributed by atoms with E-state index in [9.17, 15) is 15.0 Å². The number of hydrogen-bond donors (Lipinski definition) is 4. The number of urea groups is 1. The van der Waals surface area contributed by atoms with Crippen LogP contribution in [0.3, 0.4) is 0 Å². The molecule has 1 aromatic carbocycles. The summed E-state index contributed by atoms with van der Waals surface area (Å²) in [5.41, 5.74) is 4.47. The Kier molecular flexibility index (Phi) is 11.9. The fourth-order valence-electron chi connectivity index (χ4n) is 6.10. The van der Waals surface area contributed by atoms with E-state index in [4.69, 9.17) is 22.1 Å². The first-order valence-electron chi connectivity index (χ1n) is 13.9. The summed E-state index contributed by atoms with van der Waals surface area (Å²) >= 11 is 6.09. The number of aliphatic hydroxyl groups is 2. The zero-order chi connectivity index (χ0) is 26.8. The molecule has 2 amide bonds. The van der Waals surface area contributed by atoms with Gasteiger partial charge in [-0.25, -0.2) is 9.18 Å². The molecule has 0 bridgehead atoms. The van der Waals surface area contributed by atoms with E-state index in [0.29, 0.717) is 51.2 Å². The third kappa shape index (κ3) is 8.02. The lowest BCUT2D eigenvalue weighted by Crippen LogP contribution is -2.55. The number of amides is 2. The molecule has 2 aliphatic rings. The number of unbranched alkanes of at least 4 members (excludes halogenated alkanes) is 1. The largest absolute Gasteiger partial charge is 0.390 e. The quantitative estimate of drug-likeness (QED) is 0.290. The van der Waals surface area contributed by atoms with Gasteiger partial charge in [-0.3, -0.25) is 0 Å². The van der Waals surface area contributed by atoms with Crippen LogP contribution in [0.25, 0.3) is 0 Å². The zero-order valence-electron chi connectivity index (χ0n) is 22.1. The molecule has 1 unspecified atom stereocenters. The average molecular weight is 542 g/mol. The molecule has 210 valence electrons. The summed E-state index contributed by atoms with van der Waals surface area (Å²) in [6.45, 7) is 1.46. The maximum Gasteiger partial charge on any atom is 0.317 e. The molecular formula is C28H45ClFN3O4. The molecule has 1 heterocycles. The summed E-state index contributed by atoms with van der Waals surface area (Å²) in [6.07, 6.45) is 8.77. The number of aliphatic hydroxyl groups excluding tert-OH is 1. The van der Waals surface area contributed by atoms with E-state index < -0.39 is 23.6 Å². The Hall–Kier alpha value is -1.45. The SMILES string of the molecule is COCCCC[C@@](O)(c1cccc(Cl)c1F)C1CCCN(C(=O)N[C@@H](CC2CCCCC2)[C@H](O)CN)C1. The summed E-state index contributed by atoms with van der Waals surface area (Å²) in [7, 11) is 1.63. The van der Waals surface area contributed by atoms with Crippen LogP contribution in [0.1, 0.15) is 76.2 Å². The molecule has 0 spiro atoms. The summed E-state index contributed by atoms with van der Waals surface area (Å²) in [5.74, 6) is -0.505. The number of rotatable bonds is 12. The van der Waals surface area contributed by atoms with Crippen LogP contribution in [0, 0.1) is 17.7 Å². The Bertz CT molecular complexity index is 857. The lowest BCUT2D eigenvalue weighted by Gasteiger charge is -2.43. The van der Waals surface area contributed by atoms with E-state index in [1.165, 1.54) is 25.3 Å². The van der Waals surface area contributed by atoms with Crippen LogP contribution in [-0.2, 0) is 10.3 Å². The highest BCUT2D eigenvalue weighted by Gasteiger charge is 2.43. The van der Waals surface area contributed by atoms with Crippen LogP contribution in [0.5, 0.6) is 0 Å². The Labute approximate surface area is 225 Å². The highest BCUT2D eigenvalue weighted by atomic mass is 35.5. The normalized spacial score (nSPS) is 22.3. The minimum absolute atomic E-state index is 0.0282. The van der Waals surface area contributed by atoms with Crippen LogP contribution in [0.4, 0.5) is 9.18 Å². The van der Waals surface area contributed by atoms with Gasteiger partial charge in [-0.1, -0.05) is 55.8 Å². The molecule has 2 fully saturated rings. The van der Waals surface area contributed by atoms with Crippen molar-refractivity contribution in [1.29, 1.82) is 0 Å². The lowest BCUT2D eigenvalue weighted by atomic mass is 9.74. The molecule has 5 N–H and O–H groups in total. The Morgan fingerprint density at radius 2 is 2.03 bits per heavy atom. The Balaban J connectivity index is 1.74. The summed E-state index contributed by atoms with van der Waals surface area (Å²) in [5, 5.41) is 25.6. The molecule has 0 radical (unpaired) electrons. The molecule has 1 aromatic rings. The van der Waals surface area contributed by atoms with E-state index in [1.54, 1.807) is 24.1 Å². The molecule has 3 rings (SSSR count). The van der Waals surface area contributed by atoms with Gasteiger partial charge in [-0.2, -0.15) is 0 Å². The monoisotopic (exact) mass is 541 g/mol. The average Bonchev–Trinajstić information content (AvgIpc) is 2.92. The van der Waals surface area contributed by atoms with E-state index >= 15 is 4.39 Å². The topological polar surface area (TPSA) is 108 Å². The van der Waals surface area contributed by atoms with Gasteiger partial charge in [-0.15, -0.1) is 0 Å². The molecule has 37 heavy (non-hydrogen) atoms. The molecule has 1 saturated carbocycles. The maximum atomic E-state index is 15.2. The van der Waals surface area contributed by atoms with Crippen molar-refractivity contribution in [2.45, 2.75) is 88.4 Å². The summed E-state index contributed by atoms with van der Waals surface area (Å²) in [4.78, 5) is 15.1.